The van der Waals surface area contributed by atoms with Crippen LogP contribution in [0.3, 0.4) is 0 Å². The van der Waals surface area contributed by atoms with E-state index in [0.717, 1.165) is 29.3 Å². The second kappa shape index (κ2) is 4.94. The molecule has 1 aliphatic rings. The third-order valence-electron chi connectivity index (χ3n) is 2.17. The van der Waals surface area contributed by atoms with E-state index >= 15 is 0 Å². The fourth-order valence-corrected chi connectivity index (χ4v) is 1.50. The molecule has 0 spiro atoms. The summed E-state index contributed by atoms with van der Waals surface area (Å²) < 4.78 is 11.0. The van der Waals surface area contributed by atoms with E-state index in [1.165, 1.54) is 0 Å². The SMILES string of the molecule is CCOC1=C(C)NC(C)=C(OCC)C1. The van der Waals surface area contributed by atoms with E-state index in [4.69, 9.17) is 9.47 Å². The summed E-state index contributed by atoms with van der Waals surface area (Å²) in [6.07, 6.45) is 0.770. The van der Waals surface area contributed by atoms with E-state index in [9.17, 15) is 0 Å². The summed E-state index contributed by atoms with van der Waals surface area (Å²) in [5, 5.41) is 3.26. The summed E-state index contributed by atoms with van der Waals surface area (Å²) in [5.74, 6) is 1.98. The predicted molar refractivity (Wildman–Crippen MR) is 56.4 cm³/mol. The van der Waals surface area contributed by atoms with Crippen molar-refractivity contribution in [3.63, 3.8) is 0 Å². The van der Waals surface area contributed by atoms with Crippen LogP contribution in [0.4, 0.5) is 0 Å². The molecule has 1 N–H and O–H groups in total. The Bertz CT molecular complexity index is 240. The van der Waals surface area contributed by atoms with Crippen molar-refractivity contribution in [2.24, 2.45) is 0 Å². The zero-order chi connectivity index (χ0) is 10.6. The summed E-state index contributed by atoms with van der Waals surface area (Å²) in [7, 11) is 0. The molecule has 0 radical (unpaired) electrons. The van der Waals surface area contributed by atoms with Crippen LogP contribution in [0.25, 0.3) is 0 Å². The highest BCUT2D eigenvalue weighted by molar-refractivity contribution is 5.24. The van der Waals surface area contributed by atoms with Crippen LogP contribution >= 0.6 is 0 Å². The molecule has 1 heterocycles. The molecule has 0 saturated heterocycles. The molecule has 0 aromatic rings. The number of hydrogen-bond acceptors (Lipinski definition) is 3. The Morgan fingerprint density at radius 3 is 1.79 bits per heavy atom. The van der Waals surface area contributed by atoms with Crippen molar-refractivity contribution in [3.05, 3.63) is 22.9 Å². The molecule has 1 aliphatic heterocycles. The van der Waals surface area contributed by atoms with Gasteiger partial charge < -0.3 is 14.8 Å². The fraction of sp³-hybridized carbons (Fsp3) is 0.636. The highest BCUT2D eigenvalue weighted by Gasteiger charge is 2.16. The Hall–Kier alpha value is -1.12. The molecule has 0 unspecified atom stereocenters. The first-order chi connectivity index (χ1) is 6.69. The largest absolute Gasteiger partial charge is 0.496 e. The average molecular weight is 197 g/mol. The second-order valence-electron chi connectivity index (χ2n) is 3.26. The van der Waals surface area contributed by atoms with Gasteiger partial charge in [0.15, 0.2) is 0 Å². The van der Waals surface area contributed by atoms with Crippen molar-refractivity contribution in [3.8, 4) is 0 Å². The average Bonchev–Trinajstić information content (AvgIpc) is 2.14. The molecule has 0 fully saturated rings. The van der Waals surface area contributed by atoms with Crippen LogP contribution in [0.15, 0.2) is 22.9 Å². The Morgan fingerprint density at radius 2 is 1.43 bits per heavy atom. The summed E-state index contributed by atoms with van der Waals surface area (Å²) in [5.41, 5.74) is 2.18. The highest BCUT2D eigenvalue weighted by Crippen LogP contribution is 2.23. The first-order valence-electron chi connectivity index (χ1n) is 5.11. The summed E-state index contributed by atoms with van der Waals surface area (Å²) in [6.45, 7) is 9.44. The minimum absolute atomic E-state index is 0.701. The second-order valence-corrected chi connectivity index (χ2v) is 3.26. The standard InChI is InChI=1S/C11H19NO2/c1-5-13-10-7-11(14-6-2)9(4)12-8(10)3/h12H,5-7H2,1-4H3. The van der Waals surface area contributed by atoms with Crippen molar-refractivity contribution in [1.82, 2.24) is 5.32 Å². The van der Waals surface area contributed by atoms with Crippen molar-refractivity contribution in [2.45, 2.75) is 34.1 Å². The summed E-state index contributed by atoms with van der Waals surface area (Å²) >= 11 is 0. The van der Waals surface area contributed by atoms with Gasteiger partial charge in [0.25, 0.3) is 0 Å². The van der Waals surface area contributed by atoms with Crippen LogP contribution in [0.5, 0.6) is 0 Å². The number of rotatable bonds is 4. The quantitative estimate of drug-likeness (QED) is 0.751. The van der Waals surface area contributed by atoms with Gasteiger partial charge in [0.2, 0.25) is 0 Å². The maximum atomic E-state index is 5.52. The number of allylic oxidation sites excluding steroid dienone is 2. The first-order valence-corrected chi connectivity index (χ1v) is 5.11. The molecule has 1 rings (SSSR count). The van der Waals surface area contributed by atoms with Crippen LogP contribution in [-0.4, -0.2) is 13.2 Å². The van der Waals surface area contributed by atoms with Crippen LogP contribution in [-0.2, 0) is 9.47 Å². The molecule has 3 heteroatoms. The van der Waals surface area contributed by atoms with Crippen molar-refractivity contribution < 1.29 is 9.47 Å². The molecule has 0 bridgehead atoms. The van der Waals surface area contributed by atoms with Gasteiger partial charge >= 0.3 is 0 Å². The van der Waals surface area contributed by atoms with Gasteiger partial charge in [-0.2, -0.15) is 0 Å². The molecule has 14 heavy (non-hydrogen) atoms. The van der Waals surface area contributed by atoms with Crippen LogP contribution in [0.1, 0.15) is 34.1 Å². The van der Waals surface area contributed by atoms with Gasteiger partial charge in [0.05, 0.1) is 31.0 Å². The van der Waals surface area contributed by atoms with E-state index in [-0.39, 0.29) is 0 Å². The lowest BCUT2D eigenvalue weighted by Crippen LogP contribution is -2.20. The third-order valence-corrected chi connectivity index (χ3v) is 2.17. The monoisotopic (exact) mass is 197 g/mol. The molecule has 0 aromatic carbocycles. The zero-order valence-electron chi connectivity index (χ0n) is 9.44. The Balaban J connectivity index is 2.69. The lowest BCUT2D eigenvalue weighted by Gasteiger charge is -2.23. The molecule has 0 atom stereocenters. The summed E-state index contributed by atoms with van der Waals surface area (Å²) in [4.78, 5) is 0. The number of dihydropyridines is 1. The Morgan fingerprint density at radius 1 is 1.00 bits per heavy atom. The van der Waals surface area contributed by atoms with Crippen LogP contribution in [0, 0.1) is 0 Å². The Kier molecular flexibility index (Phi) is 3.86. The minimum Gasteiger partial charge on any atom is -0.496 e. The normalized spacial score (nSPS) is 16.9. The van der Waals surface area contributed by atoms with E-state index < -0.39 is 0 Å². The number of hydrogen-bond donors (Lipinski definition) is 1. The maximum Gasteiger partial charge on any atom is 0.122 e. The molecule has 0 amide bonds. The van der Waals surface area contributed by atoms with E-state index in [1.807, 2.05) is 27.7 Å². The van der Waals surface area contributed by atoms with Crippen molar-refractivity contribution >= 4 is 0 Å². The molecule has 3 nitrogen and oxygen atoms in total. The fourth-order valence-electron chi connectivity index (χ4n) is 1.50. The first kappa shape index (κ1) is 11.0. The number of ether oxygens (including phenoxy) is 2. The molecular weight excluding hydrogens is 178 g/mol. The maximum absolute atomic E-state index is 5.52. The lowest BCUT2D eigenvalue weighted by atomic mass is 10.1. The van der Waals surface area contributed by atoms with Gasteiger partial charge in [-0.3, -0.25) is 0 Å². The van der Waals surface area contributed by atoms with Crippen LogP contribution < -0.4 is 5.32 Å². The molecule has 0 aromatic heterocycles. The number of nitrogens with one attached hydrogen (secondary N) is 1. The topological polar surface area (TPSA) is 30.5 Å². The molecule has 0 aliphatic carbocycles. The van der Waals surface area contributed by atoms with Gasteiger partial charge in [-0.1, -0.05) is 0 Å². The molecular formula is C11H19NO2. The lowest BCUT2D eigenvalue weighted by molar-refractivity contribution is 0.172. The van der Waals surface area contributed by atoms with Gasteiger partial charge in [-0.25, -0.2) is 0 Å². The predicted octanol–water partition coefficient (Wildman–Crippen LogP) is 2.52. The van der Waals surface area contributed by atoms with Crippen molar-refractivity contribution in [2.75, 3.05) is 13.2 Å². The zero-order valence-corrected chi connectivity index (χ0v) is 9.44. The molecule has 80 valence electrons. The van der Waals surface area contributed by atoms with E-state index in [1.54, 1.807) is 0 Å². The van der Waals surface area contributed by atoms with Gasteiger partial charge in [0.1, 0.15) is 11.5 Å². The minimum atomic E-state index is 0.701. The van der Waals surface area contributed by atoms with Gasteiger partial charge in [-0.05, 0) is 27.7 Å². The summed E-state index contributed by atoms with van der Waals surface area (Å²) in [6, 6.07) is 0. The van der Waals surface area contributed by atoms with E-state index in [2.05, 4.69) is 5.32 Å². The van der Waals surface area contributed by atoms with E-state index in [0.29, 0.717) is 13.2 Å². The van der Waals surface area contributed by atoms with Crippen LogP contribution in [0.2, 0.25) is 0 Å². The van der Waals surface area contributed by atoms with Crippen molar-refractivity contribution in [1.29, 1.82) is 0 Å². The van der Waals surface area contributed by atoms with Gasteiger partial charge in [-0.15, -0.1) is 0 Å². The third kappa shape index (κ3) is 2.44. The highest BCUT2D eigenvalue weighted by atomic mass is 16.5. The Labute approximate surface area is 85.8 Å². The van der Waals surface area contributed by atoms with Gasteiger partial charge in [0, 0.05) is 0 Å². The smallest absolute Gasteiger partial charge is 0.122 e. The molecule has 0 saturated carbocycles.